The third-order valence-corrected chi connectivity index (χ3v) is 2.24. The molecule has 1 unspecified atom stereocenters. The van der Waals surface area contributed by atoms with Crippen molar-refractivity contribution < 1.29 is 14.3 Å². The Hall–Kier alpha value is -1.68. The number of carboxylic acid groups (broad SMARTS) is 1. The molecule has 0 saturated heterocycles. The van der Waals surface area contributed by atoms with Crippen molar-refractivity contribution in [3.05, 3.63) is 47.8 Å². The maximum atomic E-state index is 13.3. The fourth-order valence-electron chi connectivity index (χ4n) is 1.34. The first-order valence-electron chi connectivity index (χ1n) is 4.89. The van der Waals surface area contributed by atoms with Crippen LogP contribution in [0, 0.1) is 12.7 Å². The van der Waals surface area contributed by atoms with E-state index in [4.69, 9.17) is 5.11 Å². The van der Waals surface area contributed by atoms with Gasteiger partial charge in [0.1, 0.15) is 11.9 Å². The number of carboxylic acids is 1. The van der Waals surface area contributed by atoms with E-state index in [1.54, 1.807) is 25.1 Å². The topological polar surface area (TPSA) is 49.3 Å². The highest BCUT2D eigenvalue weighted by molar-refractivity contribution is 5.75. The largest absolute Gasteiger partial charge is 0.480 e. The third kappa shape index (κ3) is 2.90. The lowest BCUT2D eigenvalue weighted by Crippen LogP contribution is -2.28. The lowest BCUT2D eigenvalue weighted by Gasteiger charge is -2.14. The number of benzene rings is 1. The van der Waals surface area contributed by atoms with Gasteiger partial charge in [-0.25, -0.2) is 4.39 Å². The van der Waals surface area contributed by atoms with E-state index in [9.17, 15) is 9.18 Å². The van der Waals surface area contributed by atoms with Crippen LogP contribution in [0.15, 0.2) is 30.9 Å². The molecule has 0 aliphatic rings. The second kappa shape index (κ2) is 5.42. The molecule has 3 nitrogen and oxygen atoms in total. The summed E-state index contributed by atoms with van der Waals surface area (Å²) >= 11 is 0. The molecule has 1 aromatic rings. The summed E-state index contributed by atoms with van der Waals surface area (Å²) in [5.41, 5.74) is 0.897. The Bertz CT molecular complexity index is 404. The Morgan fingerprint density at radius 3 is 2.88 bits per heavy atom. The molecule has 2 N–H and O–H groups in total. The van der Waals surface area contributed by atoms with Crippen LogP contribution in [0.1, 0.15) is 17.2 Å². The zero-order chi connectivity index (χ0) is 12.1. The van der Waals surface area contributed by atoms with Crippen LogP contribution < -0.4 is 5.32 Å². The van der Waals surface area contributed by atoms with Gasteiger partial charge in [-0.15, -0.1) is 6.58 Å². The summed E-state index contributed by atoms with van der Waals surface area (Å²) in [5.74, 6) is -1.44. The fraction of sp³-hybridized carbons (Fsp3) is 0.250. The fourth-order valence-corrected chi connectivity index (χ4v) is 1.34. The van der Waals surface area contributed by atoms with Gasteiger partial charge in [-0.2, -0.15) is 0 Å². The Morgan fingerprint density at radius 1 is 1.69 bits per heavy atom. The molecule has 0 aliphatic carbocycles. The summed E-state index contributed by atoms with van der Waals surface area (Å²) in [4.78, 5) is 11.0. The molecule has 0 heterocycles. The molecule has 4 heteroatoms. The molecule has 0 spiro atoms. The van der Waals surface area contributed by atoms with E-state index in [-0.39, 0.29) is 0 Å². The second-order valence-electron chi connectivity index (χ2n) is 3.48. The zero-order valence-electron chi connectivity index (χ0n) is 9.03. The predicted octanol–water partition coefficient (Wildman–Crippen LogP) is 2.04. The molecule has 0 amide bonds. The molecule has 16 heavy (non-hydrogen) atoms. The van der Waals surface area contributed by atoms with Gasteiger partial charge in [0.25, 0.3) is 0 Å². The van der Waals surface area contributed by atoms with Gasteiger partial charge >= 0.3 is 5.97 Å². The number of hydrogen-bond acceptors (Lipinski definition) is 2. The summed E-state index contributed by atoms with van der Waals surface area (Å²) in [5, 5.41) is 11.7. The molecule has 0 aliphatic heterocycles. The van der Waals surface area contributed by atoms with Gasteiger partial charge in [-0.1, -0.05) is 18.2 Å². The minimum Gasteiger partial charge on any atom is -0.480 e. The molecule has 1 aromatic carbocycles. The predicted molar refractivity (Wildman–Crippen MR) is 59.7 cm³/mol. The van der Waals surface area contributed by atoms with Crippen molar-refractivity contribution in [2.45, 2.75) is 13.0 Å². The highest BCUT2D eigenvalue weighted by Gasteiger charge is 2.19. The third-order valence-electron chi connectivity index (χ3n) is 2.24. The van der Waals surface area contributed by atoms with Crippen LogP contribution in [0.2, 0.25) is 0 Å². The number of aryl methyl sites for hydroxylation is 1. The van der Waals surface area contributed by atoms with E-state index in [1.807, 2.05) is 0 Å². The maximum absolute atomic E-state index is 13.3. The van der Waals surface area contributed by atoms with E-state index in [0.29, 0.717) is 17.7 Å². The first-order valence-corrected chi connectivity index (χ1v) is 4.89. The van der Waals surface area contributed by atoms with Crippen LogP contribution in [0.5, 0.6) is 0 Å². The summed E-state index contributed by atoms with van der Waals surface area (Å²) < 4.78 is 13.3. The lowest BCUT2D eigenvalue weighted by atomic mass is 10.0. The number of aliphatic carboxylic acids is 1. The average Bonchev–Trinajstić information content (AvgIpc) is 2.23. The van der Waals surface area contributed by atoms with E-state index < -0.39 is 17.8 Å². The van der Waals surface area contributed by atoms with Crippen LogP contribution in [0.3, 0.4) is 0 Å². The van der Waals surface area contributed by atoms with Crippen molar-refractivity contribution in [3.63, 3.8) is 0 Å². The molecule has 0 aromatic heterocycles. The van der Waals surface area contributed by atoms with Crippen LogP contribution in [-0.4, -0.2) is 17.6 Å². The van der Waals surface area contributed by atoms with Crippen LogP contribution in [0.4, 0.5) is 4.39 Å². The van der Waals surface area contributed by atoms with Gasteiger partial charge in [-0.3, -0.25) is 10.1 Å². The molecule has 1 atom stereocenters. The van der Waals surface area contributed by atoms with Crippen molar-refractivity contribution in [1.82, 2.24) is 5.32 Å². The van der Waals surface area contributed by atoms with Crippen LogP contribution >= 0.6 is 0 Å². The Labute approximate surface area is 93.6 Å². The first kappa shape index (κ1) is 12.4. The standard InChI is InChI=1S/C12H14FNO2/c1-3-6-14-11(12(15)16)9-5-4-8(2)10(13)7-9/h3-5,7,11,14H,1,6H2,2H3,(H,15,16). The lowest BCUT2D eigenvalue weighted by molar-refractivity contribution is -0.139. The number of nitrogens with one attached hydrogen (secondary N) is 1. The van der Waals surface area contributed by atoms with E-state index >= 15 is 0 Å². The summed E-state index contributed by atoms with van der Waals surface area (Å²) in [6, 6.07) is 3.50. The van der Waals surface area contributed by atoms with Gasteiger partial charge in [0.15, 0.2) is 0 Å². The molecule has 1 rings (SSSR count). The van der Waals surface area contributed by atoms with E-state index in [1.165, 1.54) is 6.07 Å². The molecular formula is C12H14FNO2. The first-order chi connectivity index (χ1) is 7.56. The van der Waals surface area contributed by atoms with E-state index in [0.717, 1.165) is 0 Å². The second-order valence-corrected chi connectivity index (χ2v) is 3.48. The van der Waals surface area contributed by atoms with Crippen molar-refractivity contribution in [3.8, 4) is 0 Å². The molecule has 0 saturated carbocycles. The van der Waals surface area contributed by atoms with Gasteiger partial charge in [0.2, 0.25) is 0 Å². The zero-order valence-corrected chi connectivity index (χ0v) is 9.03. The molecule has 0 bridgehead atoms. The Kier molecular flexibility index (Phi) is 4.19. The SMILES string of the molecule is C=CCNC(C(=O)O)c1ccc(C)c(F)c1. The van der Waals surface area contributed by atoms with Gasteiger partial charge in [0, 0.05) is 6.54 Å². The summed E-state index contributed by atoms with van der Waals surface area (Å²) in [6.07, 6.45) is 1.56. The Balaban J connectivity index is 2.96. The molecular weight excluding hydrogens is 209 g/mol. The summed E-state index contributed by atoms with van der Waals surface area (Å²) in [7, 11) is 0. The van der Waals surface area contributed by atoms with Crippen LogP contribution in [-0.2, 0) is 4.79 Å². The number of rotatable bonds is 5. The van der Waals surface area contributed by atoms with Gasteiger partial charge in [-0.05, 0) is 24.1 Å². The molecule has 0 radical (unpaired) electrons. The van der Waals surface area contributed by atoms with Crippen LogP contribution in [0.25, 0.3) is 0 Å². The van der Waals surface area contributed by atoms with Gasteiger partial charge < -0.3 is 5.11 Å². The number of carbonyl (C=O) groups is 1. The number of hydrogen-bond donors (Lipinski definition) is 2. The van der Waals surface area contributed by atoms with Crippen molar-refractivity contribution in [2.75, 3.05) is 6.54 Å². The maximum Gasteiger partial charge on any atom is 0.325 e. The van der Waals surface area contributed by atoms with Crippen molar-refractivity contribution >= 4 is 5.97 Å². The monoisotopic (exact) mass is 223 g/mol. The highest BCUT2D eigenvalue weighted by atomic mass is 19.1. The normalized spacial score (nSPS) is 12.1. The van der Waals surface area contributed by atoms with Gasteiger partial charge in [0.05, 0.1) is 0 Å². The quantitative estimate of drug-likeness (QED) is 0.751. The molecule has 86 valence electrons. The molecule has 0 fully saturated rings. The number of halogens is 1. The average molecular weight is 223 g/mol. The van der Waals surface area contributed by atoms with E-state index in [2.05, 4.69) is 11.9 Å². The minimum atomic E-state index is -1.04. The van der Waals surface area contributed by atoms with Crippen molar-refractivity contribution in [1.29, 1.82) is 0 Å². The summed E-state index contributed by atoms with van der Waals surface area (Å²) in [6.45, 7) is 5.47. The minimum absolute atomic E-state index is 0.354. The Morgan fingerprint density at radius 2 is 2.38 bits per heavy atom. The smallest absolute Gasteiger partial charge is 0.325 e. The van der Waals surface area contributed by atoms with Crippen molar-refractivity contribution in [2.24, 2.45) is 0 Å². The highest BCUT2D eigenvalue weighted by Crippen LogP contribution is 2.16.